The topological polar surface area (TPSA) is 47.7 Å². The van der Waals surface area contributed by atoms with Crippen LogP contribution in [0, 0.1) is 0 Å². The van der Waals surface area contributed by atoms with E-state index in [0.717, 1.165) is 42.0 Å². The highest BCUT2D eigenvalue weighted by molar-refractivity contribution is 9.10. The van der Waals surface area contributed by atoms with Gasteiger partial charge in [-0.3, -0.25) is 4.90 Å². The molecule has 1 aliphatic rings. The summed E-state index contributed by atoms with van der Waals surface area (Å²) in [5.74, 6) is 0.835. The first kappa shape index (κ1) is 14.8. The van der Waals surface area contributed by atoms with Gasteiger partial charge in [0, 0.05) is 25.2 Å². The minimum Gasteiger partial charge on any atom is -0.489 e. The van der Waals surface area contributed by atoms with Crippen molar-refractivity contribution >= 4 is 15.9 Å². The SMILES string of the molecule is CCN1CCOC(COc2c(Br)cccc2CN)C1. The maximum absolute atomic E-state index is 5.91. The third-order valence-corrected chi connectivity index (χ3v) is 3.98. The molecule has 5 heteroatoms. The lowest BCUT2D eigenvalue weighted by Gasteiger charge is -2.32. The molecule has 4 nitrogen and oxygen atoms in total. The molecule has 2 N–H and O–H groups in total. The molecule has 106 valence electrons. The minimum absolute atomic E-state index is 0.131. The molecular formula is C14H21BrN2O2. The van der Waals surface area contributed by atoms with Crippen molar-refractivity contribution in [2.75, 3.05) is 32.8 Å². The number of benzene rings is 1. The fraction of sp³-hybridized carbons (Fsp3) is 0.571. The molecule has 1 fully saturated rings. The van der Waals surface area contributed by atoms with E-state index in [9.17, 15) is 0 Å². The van der Waals surface area contributed by atoms with E-state index in [1.54, 1.807) is 0 Å². The number of likely N-dealkylation sites (N-methyl/N-ethyl adjacent to an activating group) is 1. The zero-order chi connectivity index (χ0) is 13.7. The first-order valence-electron chi connectivity index (χ1n) is 6.68. The first-order chi connectivity index (χ1) is 9.24. The van der Waals surface area contributed by atoms with Crippen LogP contribution in [0.4, 0.5) is 0 Å². The molecule has 1 aliphatic heterocycles. The van der Waals surface area contributed by atoms with Crippen molar-refractivity contribution in [1.29, 1.82) is 0 Å². The Kier molecular flexibility index (Phi) is 5.63. The second-order valence-corrected chi connectivity index (χ2v) is 5.48. The van der Waals surface area contributed by atoms with Crippen molar-refractivity contribution in [3.63, 3.8) is 0 Å². The molecule has 0 bridgehead atoms. The number of rotatable bonds is 5. The number of morpholine rings is 1. The summed E-state index contributed by atoms with van der Waals surface area (Å²) in [6, 6.07) is 5.92. The lowest BCUT2D eigenvalue weighted by molar-refractivity contribution is -0.0466. The van der Waals surface area contributed by atoms with Crippen LogP contribution in [0.25, 0.3) is 0 Å². The maximum Gasteiger partial charge on any atom is 0.138 e. The van der Waals surface area contributed by atoms with E-state index in [1.807, 2.05) is 18.2 Å². The maximum atomic E-state index is 5.91. The van der Waals surface area contributed by atoms with E-state index < -0.39 is 0 Å². The van der Waals surface area contributed by atoms with Gasteiger partial charge in [0.25, 0.3) is 0 Å². The van der Waals surface area contributed by atoms with Gasteiger partial charge in [0.1, 0.15) is 18.5 Å². The minimum atomic E-state index is 0.131. The number of para-hydroxylation sites is 1. The molecule has 0 saturated carbocycles. The Balaban J connectivity index is 1.95. The van der Waals surface area contributed by atoms with Crippen LogP contribution >= 0.6 is 15.9 Å². The predicted octanol–water partition coefficient (Wildman–Crippen LogP) is 2.01. The largest absolute Gasteiger partial charge is 0.489 e. The van der Waals surface area contributed by atoms with Crippen molar-refractivity contribution in [2.45, 2.75) is 19.6 Å². The highest BCUT2D eigenvalue weighted by atomic mass is 79.9. The summed E-state index contributed by atoms with van der Waals surface area (Å²) < 4.78 is 12.6. The van der Waals surface area contributed by atoms with E-state index in [-0.39, 0.29) is 6.10 Å². The highest BCUT2D eigenvalue weighted by Crippen LogP contribution is 2.29. The quantitative estimate of drug-likeness (QED) is 0.898. The van der Waals surface area contributed by atoms with Crippen molar-refractivity contribution < 1.29 is 9.47 Å². The van der Waals surface area contributed by atoms with Crippen LogP contribution < -0.4 is 10.5 Å². The summed E-state index contributed by atoms with van der Waals surface area (Å²) in [4.78, 5) is 2.38. The summed E-state index contributed by atoms with van der Waals surface area (Å²) in [6.45, 7) is 6.98. The average Bonchev–Trinajstić information content (AvgIpc) is 2.46. The van der Waals surface area contributed by atoms with Gasteiger partial charge in [0.05, 0.1) is 11.1 Å². The molecule has 1 aromatic carbocycles. The van der Waals surface area contributed by atoms with Crippen LogP contribution in [0.3, 0.4) is 0 Å². The number of nitrogens with two attached hydrogens (primary N) is 1. The Morgan fingerprint density at radius 1 is 1.53 bits per heavy atom. The van der Waals surface area contributed by atoms with Gasteiger partial charge >= 0.3 is 0 Å². The fourth-order valence-electron chi connectivity index (χ4n) is 2.22. The van der Waals surface area contributed by atoms with Gasteiger partial charge in [-0.15, -0.1) is 0 Å². The molecule has 0 radical (unpaired) electrons. The third-order valence-electron chi connectivity index (χ3n) is 3.35. The van der Waals surface area contributed by atoms with Gasteiger partial charge in [-0.1, -0.05) is 19.1 Å². The van der Waals surface area contributed by atoms with Crippen molar-refractivity contribution in [3.05, 3.63) is 28.2 Å². The highest BCUT2D eigenvalue weighted by Gasteiger charge is 2.20. The normalized spacial score (nSPS) is 20.5. The molecular weight excluding hydrogens is 308 g/mol. The molecule has 1 aromatic rings. The van der Waals surface area contributed by atoms with Crippen molar-refractivity contribution in [2.24, 2.45) is 5.73 Å². The lowest BCUT2D eigenvalue weighted by atomic mass is 10.2. The lowest BCUT2D eigenvalue weighted by Crippen LogP contribution is -2.44. The smallest absolute Gasteiger partial charge is 0.138 e. The second-order valence-electron chi connectivity index (χ2n) is 4.63. The Bertz CT molecular complexity index is 414. The molecule has 1 saturated heterocycles. The Hall–Kier alpha value is -0.620. The van der Waals surface area contributed by atoms with Crippen LogP contribution in [-0.4, -0.2) is 43.9 Å². The van der Waals surface area contributed by atoms with E-state index in [1.165, 1.54) is 0 Å². The second kappa shape index (κ2) is 7.24. The van der Waals surface area contributed by atoms with Gasteiger partial charge in [0.15, 0.2) is 0 Å². The van der Waals surface area contributed by atoms with E-state index in [4.69, 9.17) is 15.2 Å². The number of nitrogens with zero attached hydrogens (tertiary/aromatic N) is 1. The van der Waals surface area contributed by atoms with Crippen LogP contribution in [0.5, 0.6) is 5.75 Å². The molecule has 0 aliphatic carbocycles. The van der Waals surface area contributed by atoms with Crippen molar-refractivity contribution in [1.82, 2.24) is 4.90 Å². The number of halogens is 1. The van der Waals surface area contributed by atoms with Crippen molar-refractivity contribution in [3.8, 4) is 5.75 Å². The van der Waals surface area contributed by atoms with Crippen LogP contribution in [0.1, 0.15) is 12.5 Å². The fourth-order valence-corrected chi connectivity index (χ4v) is 2.74. The summed E-state index contributed by atoms with van der Waals surface area (Å²) in [5, 5.41) is 0. The van der Waals surface area contributed by atoms with Crippen LogP contribution in [0.2, 0.25) is 0 Å². The van der Waals surface area contributed by atoms with Crippen LogP contribution in [-0.2, 0) is 11.3 Å². The Morgan fingerprint density at radius 2 is 2.37 bits per heavy atom. The number of ether oxygens (including phenoxy) is 2. The zero-order valence-corrected chi connectivity index (χ0v) is 12.9. The summed E-state index contributed by atoms with van der Waals surface area (Å²) in [5.41, 5.74) is 6.74. The monoisotopic (exact) mass is 328 g/mol. The van der Waals surface area contributed by atoms with Gasteiger partial charge in [-0.2, -0.15) is 0 Å². The van der Waals surface area contributed by atoms with Gasteiger partial charge in [-0.05, 0) is 28.5 Å². The molecule has 2 rings (SSSR count). The zero-order valence-electron chi connectivity index (χ0n) is 11.3. The molecule has 0 spiro atoms. The predicted molar refractivity (Wildman–Crippen MR) is 79.4 cm³/mol. The number of hydrogen-bond acceptors (Lipinski definition) is 4. The summed E-state index contributed by atoms with van der Waals surface area (Å²) in [6.07, 6.45) is 0.131. The van der Waals surface area contributed by atoms with E-state index in [0.29, 0.717) is 13.2 Å². The molecule has 1 heterocycles. The molecule has 0 aromatic heterocycles. The van der Waals surface area contributed by atoms with Crippen LogP contribution in [0.15, 0.2) is 22.7 Å². The average molecular weight is 329 g/mol. The molecule has 1 unspecified atom stereocenters. The standard InChI is InChI=1S/C14H21BrN2O2/c1-2-17-6-7-18-12(9-17)10-19-14-11(8-16)4-3-5-13(14)15/h3-5,12H,2,6-10,16H2,1H3. The summed E-state index contributed by atoms with van der Waals surface area (Å²) >= 11 is 3.51. The molecule has 1 atom stereocenters. The summed E-state index contributed by atoms with van der Waals surface area (Å²) in [7, 11) is 0. The van der Waals surface area contributed by atoms with E-state index in [2.05, 4.69) is 27.8 Å². The van der Waals surface area contributed by atoms with Gasteiger partial charge < -0.3 is 15.2 Å². The van der Waals surface area contributed by atoms with E-state index >= 15 is 0 Å². The van der Waals surface area contributed by atoms with Gasteiger partial charge in [0.2, 0.25) is 0 Å². The Morgan fingerprint density at radius 3 is 3.11 bits per heavy atom. The Labute approximate surface area is 123 Å². The number of hydrogen-bond donors (Lipinski definition) is 1. The van der Waals surface area contributed by atoms with Gasteiger partial charge in [-0.25, -0.2) is 0 Å². The third kappa shape index (κ3) is 3.92. The first-order valence-corrected chi connectivity index (χ1v) is 7.48. The molecule has 0 amide bonds. The molecule has 19 heavy (non-hydrogen) atoms.